The number of rotatable bonds is 5. The molecule has 0 aromatic heterocycles. The number of aliphatic carboxylic acids is 1. The van der Waals surface area contributed by atoms with Crippen LogP contribution in [0.25, 0.3) is 0 Å². The van der Waals surface area contributed by atoms with E-state index < -0.39 is 12.1 Å². The van der Waals surface area contributed by atoms with E-state index in [0.717, 1.165) is 19.3 Å². The first kappa shape index (κ1) is 13.8. The summed E-state index contributed by atoms with van der Waals surface area (Å²) in [7, 11) is 0. The van der Waals surface area contributed by atoms with Crippen molar-refractivity contribution in [3.05, 3.63) is 0 Å². The number of urea groups is 1. The van der Waals surface area contributed by atoms with Gasteiger partial charge in [0, 0.05) is 19.0 Å². The van der Waals surface area contributed by atoms with Gasteiger partial charge in [0.2, 0.25) is 0 Å². The molecule has 1 saturated carbocycles. The second kappa shape index (κ2) is 6.44. The van der Waals surface area contributed by atoms with Crippen molar-refractivity contribution in [3.63, 3.8) is 0 Å². The molecular formula is C11H20N2O4. The first-order chi connectivity index (χ1) is 8.00. The minimum absolute atomic E-state index is 0.0168. The van der Waals surface area contributed by atoms with Gasteiger partial charge in [-0.3, -0.25) is 0 Å². The Balaban J connectivity index is 2.15. The van der Waals surface area contributed by atoms with E-state index >= 15 is 0 Å². The van der Waals surface area contributed by atoms with E-state index in [1.54, 1.807) is 0 Å². The molecule has 0 bridgehead atoms. The maximum absolute atomic E-state index is 11.4. The number of carbonyl (C=O) groups excluding carboxylic acids is 1. The molecule has 0 heterocycles. The summed E-state index contributed by atoms with van der Waals surface area (Å²) in [5, 5.41) is 22.8. The third kappa shape index (κ3) is 4.60. The molecule has 0 radical (unpaired) electrons. The standard InChI is InChI=1S/C11H20N2O4/c1-7-3-2-4-8(7)13-11(17)12-6-5-9(14)10(15)16/h7-9,14H,2-6H2,1H3,(H,15,16)(H2,12,13,17). The van der Waals surface area contributed by atoms with Crippen LogP contribution in [0, 0.1) is 5.92 Å². The quantitative estimate of drug-likeness (QED) is 0.559. The molecule has 2 amide bonds. The van der Waals surface area contributed by atoms with Gasteiger partial charge in [-0.15, -0.1) is 0 Å². The van der Waals surface area contributed by atoms with E-state index in [2.05, 4.69) is 17.6 Å². The highest BCUT2D eigenvalue weighted by atomic mass is 16.4. The third-order valence-electron chi connectivity index (χ3n) is 3.17. The Morgan fingerprint density at radius 2 is 2.12 bits per heavy atom. The minimum atomic E-state index is -1.42. The zero-order valence-corrected chi connectivity index (χ0v) is 9.98. The molecule has 1 aliphatic rings. The molecule has 0 aliphatic heterocycles. The van der Waals surface area contributed by atoms with Gasteiger partial charge in [0.1, 0.15) is 0 Å². The number of carbonyl (C=O) groups is 2. The van der Waals surface area contributed by atoms with Gasteiger partial charge in [0.05, 0.1) is 0 Å². The second-order valence-electron chi connectivity index (χ2n) is 4.56. The predicted molar refractivity (Wildman–Crippen MR) is 61.6 cm³/mol. The smallest absolute Gasteiger partial charge is 0.332 e. The van der Waals surface area contributed by atoms with Crippen LogP contribution in [-0.4, -0.2) is 40.9 Å². The van der Waals surface area contributed by atoms with Crippen LogP contribution in [0.4, 0.5) is 4.79 Å². The Kier molecular flexibility index (Phi) is 5.21. The zero-order valence-electron chi connectivity index (χ0n) is 9.98. The van der Waals surface area contributed by atoms with Crippen LogP contribution < -0.4 is 10.6 Å². The number of carboxylic acid groups (broad SMARTS) is 1. The second-order valence-corrected chi connectivity index (χ2v) is 4.56. The van der Waals surface area contributed by atoms with E-state index in [1.807, 2.05) is 0 Å². The van der Waals surface area contributed by atoms with Gasteiger partial charge in [0.15, 0.2) is 6.10 Å². The van der Waals surface area contributed by atoms with E-state index in [0.29, 0.717) is 5.92 Å². The molecule has 98 valence electrons. The van der Waals surface area contributed by atoms with Gasteiger partial charge in [-0.1, -0.05) is 13.3 Å². The average Bonchev–Trinajstić information content (AvgIpc) is 2.64. The monoisotopic (exact) mass is 244 g/mol. The molecule has 3 atom stereocenters. The van der Waals surface area contributed by atoms with Crippen molar-refractivity contribution in [1.29, 1.82) is 0 Å². The summed E-state index contributed by atoms with van der Waals surface area (Å²) in [6, 6.07) is -0.0827. The lowest BCUT2D eigenvalue weighted by molar-refractivity contribution is -0.146. The molecule has 0 aromatic carbocycles. The maximum Gasteiger partial charge on any atom is 0.332 e. The summed E-state index contributed by atoms with van der Waals surface area (Å²) in [6.45, 7) is 2.26. The van der Waals surface area contributed by atoms with Crippen LogP contribution in [0.15, 0.2) is 0 Å². The maximum atomic E-state index is 11.4. The first-order valence-electron chi connectivity index (χ1n) is 5.96. The van der Waals surface area contributed by atoms with Crippen molar-refractivity contribution >= 4 is 12.0 Å². The van der Waals surface area contributed by atoms with Gasteiger partial charge in [-0.2, -0.15) is 0 Å². The number of aliphatic hydroxyl groups excluding tert-OH is 1. The summed E-state index contributed by atoms with van der Waals surface area (Å²) in [5.74, 6) is -0.776. The van der Waals surface area contributed by atoms with Crippen LogP contribution in [0.2, 0.25) is 0 Å². The van der Waals surface area contributed by atoms with E-state index in [4.69, 9.17) is 10.2 Å². The largest absolute Gasteiger partial charge is 0.479 e. The van der Waals surface area contributed by atoms with Gasteiger partial charge in [-0.25, -0.2) is 9.59 Å². The first-order valence-corrected chi connectivity index (χ1v) is 5.96. The molecular weight excluding hydrogens is 224 g/mol. The fourth-order valence-corrected chi connectivity index (χ4v) is 2.03. The number of carboxylic acids is 1. The van der Waals surface area contributed by atoms with Crippen molar-refractivity contribution in [2.75, 3.05) is 6.54 Å². The van der Waals surface area contributed by atoms with E-state index in [9.17, 15) is 9.59 Å². The molecule has 0 saturated heterocycles. The van der Waals surface area contributed by atoms with Gasteiger partial charge in [0.25, 0.3) is 0 Å². The van der Waals surface area contributed by atoms with Crippen molar-refractivity contribution in [2.45, 2.75) is 44.8 Å². The lowest BCUT2D eigenvalue weighted by Gasteiger charge is -2.17. The zero-order chi connectivity index (χ0) is 12.8. The third-order valence-corrected chi connectivity index (χ3v) is 3.17. The number of hydrogen-bond acceptors (Lipinski definition) is 3. The van der Waals surface area contributed by atoms with Gasteiger partial charge < -0.3 is 20.8 Å². The molecule has 3 unspecified atom stereocenters. The fourth-order valence-electron chi connectivity index (χ4n) is 2.03. The molecule has 1 fully saturated rings. The van der Waals surface area contributed by atoms with Crippen LogP contribution in [0.1, 0.15) is 32.6 Å². The molecule has 6 heteroatoms. The minimum Gasteiger partial charge on any atom is -0.479 e. The van der Waals surface area contributed by atoms with Crippen molar-refractivity contribution in [3.8, 4) is 0 Å². The summed E-state index contributed by atoms with van der Waals surface area (Å²) in [6.07, 6.45) is 1.85. The van der Waals surface area contributed by atoms with Crippen LogP contribution >= 0.6 is 0 Å². The Bertz CT molecular complexity index is 283. The molecule has 6 nitrogen and oxygen atoms in total. The van der Waals surface area contributed by atoms with Crippen LogP contribution in [-0.2, 0) is 4.79 Å². The summed E-state index contributed by atoms with van der Waals surface area (Å²) in [4.78, 5) is 21.8. The number of aliphatic hydroxyl groups is 1. The lowest BCUT2D eigenvalue weighted by Crippen LogP contribution is -2.44. The normalized spacial score (nSPS) is 25.3. The highest BCUT2D eigenvalue weighted by Crippen LogP contribution is 2.24. The van der Waals surface area contributed by atoms with Crippen molar-refractivity contribution in [1.82, 2.24) is 10.6 Å². The van der Waals surface area contributed by atoms with E-state index in [1.165, 1.54) is 0 Å². The molecule has 1 rings (SSSR count). The number of hydrogen-bond donors (Lipinski definition) is 4. The summed E-state index contributed by atoms with van der Waals surface area (Å²) in [5.41, 5.74) is 0. The average molecular weight is 244 g/mol. The van der Waals surface area contributed by atoms with Gasteiger partial charge >= 0.3 is 12.0 Å². The molecule has 0 spiro atoms. The van der Waals surface area contributed by atoms with Crippen molar-refractivity contribution < 1.29 is 19.8 Å². The van der Waals surface area contributed by atoms with Crippen LogP contribution in [0.5, 0.6) is 0 Å². The van der Waals surface area contributed by atoms with Crippen molar-refractivity contribution in [2.24, 2.45) is 5.92 Å². The number of nitrogens with one attached hydrogen (secondary N) is 2. The summed E-state index contributed by atoms with van der Waals surface area (Å²) >= 11 is 0. The summed E-state index contributed by atoms with van der Waals surface area (Å²) < 4.78 is 0. The highest BCUT2D eigenvalue weighted by molar-refractivity contribution is 5.74. The van der Waals surface area contributed by atoms with Gasteiger partial charge in [-0.05, 0) is 18.8 Å². The Morgan fingerprint density at radius 3 is 2.65 bits per heavy atom. The lowest BCUT2D eigenvalue weighted by atomic mass is 10.1. The predicted octanol–water partition coefficient (Wildman–Crippen LogP) is 0.310. The Morgan fingerprint density at radius 1 is 1.41 bits per heavy atom. The SMILES string of the molecule is CC1CCCC1NC(=O)NCCC(O)C(=O)O. The molecule has 1 aliphatic carbocycles. The Hall–Kier alpha value is -1.30. The molecule has 17 heavy (non-hydrogen) atoms. The highest BCUT2D eigenvalue weighted by Gasteiger charge is 2.24. The Labute approximate surface area is 100 Å². The van der Waals surface area contributed by atoms with Crippen LogP contribution in [0.3, 0.4) is 0 Å². The molecule has 4 N–H and O–H groups in total. The van der Waals surface area contributed by atoms with E-state index in [-0.39, 0.29) is 25.0 Å². The topological polar surface area (TPSA) is 98.7 Å². The molecule has 0 aromatic rings. The number of amides is 2. The fraction of sp³-hybridized carbons (Fsp3) is 0.818.